The van der Waals surface area contributed by atoms with Gasteiger partial charge in [0.05, 0.1) is 41.3 Å². The van der Waals surface area contributed by atoms with Crippen molar-refractivity contribution in [2.75, 3.05) is 37.8 Å². The number of carbonyl (C=O) groups excluding carboxylic acids is 1. The van der Waals surface area contributed by atoms with E-state index in [2.05, 4.69) is 63.5 Å². The van der Waals surface area contributed by atoms with Gasteiger partial charge in [0, 0.05) is 45.1 Å². The molecule has 47 heavy (non-hydrogen) atoms. The van der Waals surface area contributed by atoms with Gasteiger partial charge in [-0.25, -0.2) is 9.79 Å². The molecule has 0 bridgehead atoms. The summed E-state index contributed by atoms with van der Waals surface area (Å²) in [4.78, 5) is 36.6. The fourth-order valence-electron chi connectivity index (χ4n) is 6.32. The average molecular weight is 730 g/mol. The monoisotopic (exact) mass is 728 g/mol. The molecule has 5 aromatic rings. The van der Waals surface area contributed by atoms with Crippen molar-refractivity contribution in [3.05, 3.63) is 129 Å². The van der Waals surface area contributed by atoms with Crippen molar-refractivity contribution in [1.82, 2.24) is 9.13 Å². The second-order valence-electron chi connectivity index (χ2n) is 11.3. The minimum absolute atomic E-state index is 0.191. The summed E-state index contributed by atoms with van der Waals surface area (Å²) in [6.07, 6.45) is 1.95. The van der Waals surface area contributed by atoms with Crippen molar-refractivity contribution in [1.29, 1.82) is 0 Å². The van der Waals surface area contributed by atoms with Crippen LogP contribution in [0.2, 0.25) is 0 Å². The van der Waals surface area contributed by atoms with Gasteiger partial charge in [-0.1, -0.05) is 47.7 Å². The van der Waals surface area contributed by atoms with Crippen LogP contribution in [-0.2, 0) is 14.3 Å². The van der Waals surface area contributed by atoms with Crippen LogP contribution in [0.15, 0.2) is 91.9 Å². The third kappa shape index (κ3) is 5.86. The molecule has 0 radical (unpaired) electrons. The molecule has 1 atom stereocenters. The number of ether oxygens (including phenoxy) is 2. The molecule has 11 heteroatoms. The van der Waals surface area contributed by atoms with E-state index in [4.69, 9.17) is 14.5 Å². The summed E-state index contributed by atoms with van der Waals surface area (Å²) in [5, 5.41) is 1.96. The molecule has 1 saturated heterocycles. The number of esters is 1. The van der Waals surface area contributed by atoms with Crippen LogP contribution >= 0.6 is 38.6 Å². The van der Waals surface area contributed by atoms with Crippen molar-refractivity contribution in [2.24, 2.45) is 4.99 Å². The predicted molar refractivity (Wildman–Crippen MR) is 191 cm³/mol. The van der Waals surface area contributed by atoms with Crippen molar-refractivity contribution < 1.29 is 14.3 Å². The Balaban J connectivity index is 1.35. The normalized spacial score (nSPS) is 16.7. The molecule has 3 aromatic heterocycles. The Morgan fingerprint density at radius 1 is 1.09 bits per heavy atom. The van der Waals surface area contributed by atoms with Gasteiger partial charge in [-0.15, -0.1) is 11.3 Å². The Kier molecular flexibility index (Phi) is 8.89. The molecule has 1 fully saturated rings. The van der Waals surface area contributed by atoms with Crippen LogP contribution in [0.25, 0.3) is 17.5 Å². The number of anilines is 1. The van der Waals surface area contributed by atoms with E-state index < -0.39 is 12.0 Å². The molecule has 0 spiro atoms. The molecule has 5 heterocycles. The van der Waals surface area contributed by atoms with E-state index in [0.717, 1.165) is 69.5 Å². The number of benzene rings is 2. The smallest absolute Gasteiger partial charge is 0.338 e. The Morgan fingerprint density at radius 2 is 1.87 bits per heavy atom. The quantitative estimate of drug-likeness (QED) is 0.192. The van der Waals surface area contributed by atoms with Gasteiger partial charge in [0.1, 0.15) is 6.04 Å². The molecule has 2 aliphatic rings. The zero-order valence-corrected chi connectivity index (χ0v) is 29.5. The molecule has 2 aromatic carbocycles. The van der Waals surface area contributed by atoms with Gasteiger partial charge in [0.25, 0.3) is 5.56 Å². The van der Waals surface area contributed by atoms with E-state index in [1.165, 1.54) is 22.7 Å². The topological polar surface area (TPSA) is 78.1 Å². The number of thiophene rings is 1. The standard InChI is InChI=1S/C36H33BrN4O4S2/c1-4-45-35(43)31-32(24-9-6-5-7-10-24)38-36-41(33(31)29-11-8-18-46-29)34(42)30(47-36)20-25-19-22(2)40(23(25)3)26-12-13-28(27(37)21-26)39-14-16-44-17-15-39/h5-13,18-21,33H,4,14-17H2,1-3H3. The molecule has 0 aliphatic carbocycles. The first kappa shape index (κ1) is 31.6. The van der Waals surface area contributed by atoms with Gasteiger partial charge < -0.3 is 18.9 Å². The second-order valence-corrected chi connectivity index (χ2v) is 14.2. The van der Waals surface area contributed by atoms with Crippen LogP contribution in [0.1, 0.15) is 40.4 Å². The second kappa shape index (κ2) is 13.2. The highest BCUT2D eigenvalue weighted by Crippen LogP contribution is 2.37. The van der Waals surface area contributed by atoms with E-state index in [1.807, 2.05) is 53.9 Å². The number of fused-ring (bicyclic) bond motifs is 1. The molecule has 7 rings (SSSR count). The lowest BCUT2D eigenvalue weighted by molar-refractivity contribution is -0.138. The van der Waals surface area contributed by atoms with E-state index >= 15 is 0 Å². The van der Waals surface area contributed by atoms with E-state index in [0.29, 0.717) is 20.6 Å². The highest BCUT2D eigenvalue weighted by atomic mass is 79.9. The number of carbonyl (C=O) groups is 1. The molecular formula is C36H33BrN4O4S2. The minimum atomic E-state index is -0.655. The van der Waals surface area contributed by atoms with Crippen LogP contribution in [0.4, 0.5) is 5.69 Å². The number of aromatic nitrogens is 2. The lowest BCUT2D eigenvalue weighted by atomic mass is 9.97. The average Bonchev–Trinajstić information content (AvgIpc) is 3.79. The van der Waals surface area contributed by atoms with E-state index in [-0.39, 0.29) is 12.2 Å². The number of thiazole rings is 1. The van der Waals surface area contributed by atoms with Gasteiger partial charge in [-0.2, -0.15) is 0 Å². The van der Waals surface area contributed by atoms with Crippen LogP contribution in [0.3, 0.4) is 0 Å². The molecular weight excluding hydrogens is 696 g/mol. The first-order chi connectivity index (χ1) is 22.9. The first-order valence-corrected chi connectivity index (χ1v) is 18.0. The number of morpholine rings is 1. The third-order valence-electron chi connectivity index (χ3n) is 8.48. The van der Waals surface area contributed by atoms with Crippen molar-refractivity contribution in [3.8, 4) is 5.69 Å². The fourth-order valence-corrected chi connectivity index (χ4v) is 8.76. The lowest BCUT2D eigenvalue weighted by Crippen LogP contribution is -2.39. The molecule has 8 nitrogen and oxygen atoms in total. The Bertz CT molecular complexity index is 2180. The van der Waals surface area contributed by atoms with Crippen LogP contribution < -0.4 is 19.8 Å². The summed E-state index contributed by atoms with van der Waals surface area (Å²) in [5.41, 5.74) is 6.70. The molecule has 0 amide bonds. The maximum Gasteiger partial charge on any atom is 0.338 e. The van der Waals surface area contributed by atoms with Gasteiger partial charge in [-0.3, -0.25) is 9.36 Å². The largest absolute Gasteiger partial charge is 0.463 e. The number of hydrogen-bond acceptors (Lipinski definition) is 8. The fraction of sp³-hybridized carbons (Fsp3) is 0.250. The maximum absolute atomic E-state index is 14.3. The highest BCUT2D eigenvalue weighted by molar-refractivity contribution is 9.10. The molecule has 0 saturated carbocycles. The summed E-state index contributed by atoms with van der Waals surface area (Å²) in [6, 6.07) is 21.4. The molecule has 2 aliphatic heterocycles. The Labute approximate surface area is 288 Å². The number of halogens is 1. The lowest BCUT2D eigenvalue weighted by Gasteiger charge is -2.30. The zero-order valence-electron chi connectivity index (χ0n) is 26.2. The summed E-state index contributed by atoms with van der Waals surface area (Å²) in [5.74, 6) is -0.475. The van der Waals surface area contributed by atoms with Crippen molar-refractivity contribution in [3.63, 3.8) is 0 Å². The van der Waals surface area contributed by atoms with Gasteiger partial charge in [0.15, 0.2) is 4.80 Å². The summed E-state index contributed by atoms with van der Waals surface area (Å²) >= 11 is 6.65. The number of hydrogen-bond donors (Lipinski definition) is 0. The van der Waals surface area contributed by atoms with Crippen LogP contribution in [-0.4, -0.2) is 48.0 Å². The van der Waals surface area contributed by atoms with E-state index in [9.17, 15) is 9.59 Å². The van der Waals surface area contributed by atoms with Gasteiger partial charge >= 0.3 is 5.97 Å². The number of rotatable bonds is 7. The first-order valence-electron chi connectivity index (χ1n) is 15.5. The molecule has 0 N–H and O–H groups in total. The van der Waals surface area contributed by atoms with Gasteiger partial charge in [0.2, 0.25) is 0 Å². The van der Waals surface area contributed by atoms with Crippen molar-refractivity contribution >= 4 is 62.0 Å². The number of aryl methyl sites for hydroxylation is 1. The van der Waals surface area contributed by atoms with Crippen LogP contribution in [0.5, 0.6) is 0 Å². The molecule has 240 valence electrons. The van der Waals surface area contributed by atoms with Crippen LogP contribution in [0, 0.1) is 13.8 Å². The summed E-state index contributed by atoms with van der Waals surface area (Å²) < 4.78 is 16.5. The molecule has 1 unspecified atom stereocenters. The highest BCUT2D eigenvalue weighted by Gasteiger charge is 2.35. The Hall–Kier alpha value is -4.03. The summed E-state index contributed by atoms with van der Waals surface area (Å²) in [7, 11) is 0. The zero-order chi connectivity index (χ0) is 32.7. The minimum Gasteiger partial charge on any atom is -0.463 e. The predicted octanol–water partition coefficient (Wildman–Crippen LogP) is 6.00. The van der Waals surface area contributed by atoms with Crippen molar-refractivity contribution in [2.45, 2.75) is 26.8 Å². The van der Waals surface area contributed by atoms with Gasteiger partial charge in [-0.05, 0) is 84.1 Å². The Morgan fingerprint density at radius 3 is 2.57 bits per heavy atom. The number of nitrogens with zero attached hydrogens (tertiary/aromatic N) is 4. The SMILES string of the molecule is CCOC(=O)C1=C(c2ccccc2)N=c2sc(=Cc3cc(C)n(-c4ccc(N5CCOCC5)c(Br)c4)c3C)c(=O)n2C1c1cccs1. The third-order valence-corrected chi connectivity index (χ3v) is 11.0. The van der Waals surface area contributed by atoms with E-state index in [1.54, 1.807) is 11.5 Å². The maximum atomic E-state index is 14.3. The summed E-state index contributed by atoms with van der Waals surface area (Å²) in [6.45, 7) is 9.32.